The third-order valence-corrected chi connectivity index (χ3v) is 0.690. The van der Waals surface area contributed by atoms with E-state index in [1.807, 2.05) is 6.92 Å². The summed E-state index contributed by atoms with van der Waals surface area (Å²) in [5, 5.41) is 0. The van der Waals surface area contributed by atoms with Gasteiger partial charge in [-0.25, -0.2) is 9.97 Å². The Balaban J connectivity index is 0.000000490. The quantitative estimate of drug-likeness (QED) is 0.445. The summed E-state index contributed by atoms with van der Waals surface area (Å²) < 4.78 is 0. The molecular weight excluding hydrogens is 168 g/mol. The lowest BCUT2D eigenvalue weighted by Gasteiger charge is -1.81. The van der Waals surface area contributed by atoms with E-state index in [1.165, 1.54) is 6.33 Å². The predicted octanol–water partition coefficient (Wildman–Crippen LogP) is -2.21. The van der Waals surface area contributed by atoms with Gasteiger partial charge in [-0.1, -0.05) is 0 Å². The smallest absolute Gasteiger partial charge is 0.115 e. The summed E-state index contributed by atoms with van der Waals surface area (Å²) in [6.45, 7) is 1.96. The van der Waals surface area contributed by atoms with Crippen molar-refractivity contribution in [2.24, 2.45) is 0 Å². The molecule has 1 rings (SSSR count). The van der Waals surface area contributed by atoms with E-state index in [4.69, 9.17) is 0 Å². The molecule has 0 radical (unpaired) electrons. The van der Waals surface area contributed by atoms with E-state index in [1.54, 1.807) is 12.4 Å². The lowest BCUT2D eigenvalue weighted by atomic mass is 10.4. The molecule has 1 aromatic heterocycles. The summed E-state index contributed by atoms with van der Waals surface area (Å²) in [5.74, 6) is 0. The summed E-state index contributed by atoms with van der Waals surface area (Å²) in [6, 6.07) is 0. The van der Waals surface area contributed by atoms with Crippen molar-refractivity contribution in [1.82, 2.24) is 9.97 Å². The zero-order valence-corrected chi connectivity index (χ0v) is 6.09. The highest BCUT2D eigenvalue weighted by Gasteiger charge is 1.74. The Morgan fingerprint density at radius 3 is 2.00 bits per heavy atom. The molecule has 0 amide bonds. The molecule has 1 aromatic rings. The number of aryl methyl sites for hydroxylation is 1. The maximum atomic E-state index is 3.77. The molecule has 2 nitrogen and oxygen atoms in total. The van der Waals surface area contributed by atoms with Crippen molar-refractivity contribution < 1.29 is 17.0 Å². The van der Waals surface area contributed by atoms with Crippen LogP contribution in [0.15, 0.2) is 18.7 Å². The van der Waals surface area contributed by atoms with E-state index in [2.05, 4.69) is 9.97 Å². The highest BCUT2D eigenvalue weighted by atomic mass is 79.9. The molecule has 8 heavy (non-hydrogen) atoms. The second-order valence-electron chi connectivity index (χ2n) is 1.42. The highest BCUT2D eigenvalue weighted by Crippen LogP contribution is 1.84. The van der Waals surface area contributed by atoms with Crippen molar-refractivity contribution in [2.45, 2.75) is 6.92 Å². The fourth-order valence-electron chi connectivity index (χ4n) is 0.374. The van der Waals surface area contributed by atoms with Crippen LogP contribution in [0.1, 0.15) is 5.56 Å². The molecule has 0 aliphatic heterocycles. The Hall–Kier alpha value is -0.440. The minimum Gasteiger partial charge on any atom is -1.00 e. The fraction of sp³-hybridized carbons (Fsp3) is 0.200. The molecule has 0 saturated carbocycles. The van der Waals surface area contributed by atoms with Crippen LogP contribution < -0.4 is 17.0 Å². The van der Waals surface area contributed by atoms with E-state index >= 15 is 0 Å². The predicted molar refractivity (Wildman–Crippen MR) is 26.8 cm³/mol. The molecule has 0 saturated heterocycles. The maximum Gasteiger partial charge on any atom is 0.115 e. The molecule has 0 aromatic carbocycles. The zero-order chi connectivity index (χ0) is 5.11. The molecule has 0 aliphatic carbocycles. The Kier molecular flexibility index (Phi) is 3.35. The number of hydrogen-bond donors (Lipinski definition) is 0. The van der Waals surface area contributed by atoms with Crippen molar-refractivity contribution in [3.05, 3.63) is 24.3 Å². The largest absolute Gasteiger partial charge is 1.00 e. The molecule has 0 fully saturated rings. The molecule has 0 aliphatic rings. The van der Waals surface area contributed by atoms with Crippen molar-refractivity contribution >= 4 is 0 Å². The van der Waals surface area contributed by atoms with E-state index in [-0.39, 0.29) is 17.0 Å². The highest BCUT2D eigenvalue weighted by molar-refractivity contribution is 4.96. The topological polar surface area (TPSA) is 25.8 Å². The van der Waals surface area contributed by atoms with Gasteiger partial charge >= 0.3 is 0 Å². The SMILES string of the molecule is Cc1cncnc1.[Br-]. The minimum absolute atomic E-state index is 0. The van der Waals surface area contributed by atoms with E-state index in [0.29, 0.717) is 0 Å². The first-order valence-electron chi connectivity index (χ1n) is 2.11. The molecule has 0 N–H and O–H groups in total. The molecule has 3 heteroatoms. The Morgan fingerprint density at radius 2 is 1.75 bits per heavy atom. The molecule has 0 bridgehead atoms. The molecule has 0 atom stereocenters. The normalized spacial score (nSPS) is 7.62. The van der Waals surface area contributed by atoms with Crippen molar-refractivity contribution in [3.8, 4) is 0 Å². The van der Waals surface area contributed by atoms with Gasteiger partial charge in [0, 0.05) is 12.4 Å². The van der Waals surface area contributed by atoms with Gasteiger partial charge in [0.1, 0.15) is 6.33 Å². The Morgan fingerprint density at radius 1 is 1.25 bits per heavy atom. The van der Waals surface area contributed by atoms with Crippen LogP contribution in [0, 0.1) is 6.92 Å². The number of rotatable bonds is 0. The third-order valence-electron chi connectivity index (χ3n) is 0.690. The number of nitrogens with zero attached hydrogens (tertiary/aromatic N) is 2. The van der Waals surface area contributed by atoms with Gasteiger partial charge in [-0.3, -0.25) is 0 Å². The standard InChI is InChI=1S/C5H6N2.BrH/c1-5-2-6-4-7-3-5;/h2-4H,1H3;1H/p-1. The van der Waals surface area contributed by atoms with Gasteiger partial charge in [-0.2, -0.15) is 0 Å². The van der Waals surface area contributed by atoms with Crippen LogP contribution >= 0.6 is 0 Å². The fourth-order valence-corrected chi connectivity index (χ4v) is 0.374. The molecule has 1 heterocycles. The average Bonchev–Trinajstić information content (AvgIpc) is 1.69. The summed E-state index contributed by atoms with van der Waals surface area (Å²) in [7, 11) is 0. The van der Waals surface area contributed by atoms with Crippen molar-refractivity contribution in [2.75, 3.05) is 0 Å². The van der Waals surface area contributed by atoms with Crippen LogP contribution in [-0.4, -0.2) is 9.97 Å². The maximum absolute atomic E-state index is 3.77. The van der Waals surface area contributed by atoms with Crippen LogP contribution in [0.4, 0.5) is 0 Å². The van der Waals surface area contributed by atoms with E-state index < -0.39 is 0 Å². The van der Waals surface area contributed by atoms with E-state index in [0.717, 1.165) is 5.56 Å². The van der Waals surface area contributed by atoms with Gasteiger partial charge in [0.2, 0.25) is 0 Å². The first-order chi connectivity index (χ1) is 3.39. The zero-order valence-electron chi connectivity index (χ0n) is 4.50. The second kappa shape index (κ2) is 3.55. The lowest BCUT2D eigenvalue weighted by Crippen LogP contribution is -3.00. The summed E-state index contributed by atoms with van der Waals surface area (Å²) in [6.07, 6.45) is 5.06. The monoisotopic (exact) mass is 173 g/mol. The molecule has 0 unspecified atom stereocenters. The van der Waals surface area contributed by atoms with Gasteiger partial charge in [-0.05, 0) is 12.5 Å². The first kappa shape index (κ1) is 7.56. The molecule has 0 spiro atoms. The van der Waals surface area contributed by atoms with Crippen molar-refractivity contribution in [1.29, 1.82) is 0 Å². The Bertz CT molecular complexity index is 140. The van der Waals surface area contributed by atoms with Gasteiger partial charge in [0.15, 0.2) is 0 Å². The van der Waals surface area contributed by atoms with Crippen LogP contribution in [0.2, 0.25) is 0 Å². The van der Waals surface area contributed by atoms with Crippen LogP contribution in [0.25, 0.3) is 0 Å². The molecular formula is C5H6BrN2-. The minimum atomic E-state index is 0. The van der Waals surface area contributed by atoms with E-state index in [9.17, 15) is 0 Å². The first-order valence-corrected chi connectivity index (χ1v) is 2.11. The third kappa shape index (κ3) is 2.02. The number of hydrogen-bond acceptors (Lipinski definition) is 2. The lowest BCUT2D eigenvalue weighted by molar-refractivity contribution is -0.00000165. The van der Waals surface area contributed by atoms with Crippen LogP contribution in [-0.2, 0) is 0 Å². The summed E-state index contributed by atoms with van der Waals surface area (Å²) >= 11 is 0. The number of aromatic nitrogens is 2. The van der Waals surface area contributed by atoms with Gasteiger partial charge in [-0.15, -0.1) is 0 Å². The second-order valence-corrected chi connectivity index (χ2v) is 1.42. The molecule has 44 valence electrons. The van der Waals surface area contributed by atoms with Crippen LogP contribution in [0.3, 0.4) is 0 Å². The average molecular weight is 174 g/mol. The van der Waals surface area contributed by atoms with Crippen LogP contribution in [0.5, 0.6) is 0 Å². The Labute approximate surface area is 58.7 Å². The van der Waals surface area contributed by atoms with Gasteiger partial charge in [0.05, 0.1) is 0 Å². The van der Waals surface area contributed by atoms with Gasteiger partial charge in [0.25, 0.3) is 0 Å². The summed E-state index contributed by atoms with van der Waals surface area (Å²) in [4.78, 5) is 7.55. The van der Waals surface area contributed by atoms with Crippen molar-refractivity contribution in [3.63, 3.8) is 0 Å². The number of halogens is 1. The summed E-state index contributed by atoms with van der Waals surface area (Å²) in [5.41, 5.74) is 1.10. The van der Waals surface area contributed by atoms with Gasteiger partial charge < -0.3 is 17.0 Å².